The summed E-state index contributed by atoms with van der Waals surface area (Å²) >= 11 is 0. The number of piperazine rings is 1. The quantitative estimate of drug-likeness (QED) is 0.474. The van der Waals surface area contributed by atoms with Crippen LogP contribution in [0.2, 0.25) is 0 Å². The molecule has 10 heteroatoms. The molecule has 1 aliphatic heterocycles. The highest BCUT2D eigenvalue weighted by molar-refractivity contribution is 7.89. The van der Waals surface area contributed by atoms with Crippen LogP contribution in [0.25, 0.3) is 0 Å². The Morgan fingerprint density at radius 3 is 2.00 bits per heavy atom. The van der Waals surface area contributed by atoms with Crippen molar-refractivity contribution >= 4 is 27.7 Å². The Hall–Kier alpha value is -2.46. The average Bonchev–Trinajstić information content (AvgIpc) is 2.61. The van der Waals surface area contributed by atoms with Gasteiger partial charge in [0.15, 0.2) is 0 Å². The number of nitrogens with two attached hydrogens (primary N) is 1. The summed E-state index contributed by atoms with van der Waals surface area (Å²) in [7, 11) is -3.26. The number of amidine groups is 1. The molecule has 0 aliphatic carbocycles. The summed E-state index contributed by atoms with van der Waals surface area (Å²) in [5.74, 6) is -0.859. The molecule has 0 saturated carbocycles. The van der Waals surface area contributed by atoms with Gasteiger partial charge in [-0.1, -0.05) is 24.3 Å². The number of carboxylic acid groups (broad SMARTS) is 1. The van der Waals surface area contributed by atoms with Crippen molar-refractivity contribution in [2.24, 2.45) is 5.73 Å². The van der Waals surface area contributed by atoms with Crippen LogP contribution in [0.15, 0.2) is 24.3 Å². The molecule has 1 fully saturated rings. The first kappa shape index (κ1) is 23.6. The van der Waals surface area contributed by atoms with Crippen LogP contribution in [-0.2, 0) is 26.0 Å². The summed E-state index contributed by atoms with van der Waals surface area (Å²) in [6, 6.07) is 7.01. The number of sulfonamides is 1. The molecule has 0 unspecified atom stereocenters. The Balaban J connectivity index is 0.000000892. The number of nitrogens with zero attached hydrogens (tertiary/aromatic N) is 2. The number of nitrogen functional groups attached to an aromatic ring is 1. The van der Waals surface area contributed by atoms with Gasteiger partial charge in [-0.3, -0.25) is 15.0 Å². The van der Waals surface area contributed by atoms with Gasteiger partial charge in [0.25, 0.3) is 5.97 Å². The third-order valence-corrected chi connectivity index (χ3v) is 6.44. The number of carbonyl (C=O) groups excluding carboxylic acids is 1. The highest BCUT2D eigenvalue weighted by Gasteiger charge is 2.30. The SMILES string of the molecule is CC(=O)O.CC(C)S(=O)(=O)N1CCN(C(=O)Cc2ccc(C(=N)N)cc2)CC1. The van der Waals surface area contributed by atoms with Gasteiger partial charge in [0.1, 0.15) is 5.84 Å². The van der Waals surface area contributed by atoms with Gasteiger partial charge < -0.3 is 15.7 Å². The maximum atomic E-state index is 12.4. The zero-order valence-electron chi connectivity index (χ0n) is 16.4. The number of nitrogens with one attached hydrogen (secondary N) is 1. The minimum atomic E-state index is -3.26. The number of rotatable bonds is 5. The largest absolute Gasteiger partial charge is 0.481 e. The van der Waals surface area contributed by atoms with E-state index in [-0.39, 0.29) is 18.2 Å². The lowest BCUT2D eigenvalue weighted by molar-refractivity contribution is -0.134. The van der Waals surface area contributed by atoms with E-state index in [2.05, 4.69) is 0 Å². The van der Waals surface area contributed by atoms with E-state index in [0.29, 0.717) is 31.7 Å². The summed E-state index contributed by atoms with van der Waals surface area (Å²) < 4.78 is 25.7. The van der Waals surface area contributed by atoms with Crippen LogP contribution < -0.4 is 5.73 Å². The summed E-state index contributed by atoms with van der Waals surface area (Å²) in [4.78, 5) is 23.1. The van der Waals surface area contributed by atoms with Gasteiger partial charge in [-0.25, -0.2) is 8.42 Å². The number of aliphatic carboxylic acids is 1. The molecule has 1 saturated heterocycles. The van der Waals surface area contributed by atoms with Crippen LogP contribution in [0.1, 0.15) is 31.9 Å². The van der Waals surface area contributed by atoms with E-state index in [0.717, 1.165) is 12.5 Å². The van der Waals surface area contributed by atoms with E-state index < -0.39 is 21.2 Å². The fourth-order valence-electron chi connectivity index (χ4n) is 2.58. The van der Waals surface area contributed by atoms with Crippen molar-refractivity contribution in [3.8, 4) is 0 Å². The fourth-order valence-corrected chi connectivity index (χ4v) is 3.85. The molecule has 9 nitrogen and oxygen atoms in total. The highest BCUT2D eigenvalue weighted by atomic mass is 32.2. The predicted octanol–water partition coefficient (Wildman–Crippen LogP) is 0.486. The minimum absolute atomic E-state index is 0.00430. The Labute approximate surface area is 165 Å². The summed E-state index contributed by atoms with van der Waals surface area (Å²) in [5.41, 5.74) is 6.88. The Bertz CT molecular complexity index is 794. The molecule has 156 valence electrons. The lowest BCUT2D eigenvalue weighted by atomic mass is 10.1. The van der Waals surface area contributed by atoms with Gasteiger partial charge in [-0.2, -0.15) is 4.31 Å². The molecule has 0 radical (unpaired) electrons. The third-order valence-electron chi connectivity index (χ3n) is 4.17. The number of hydrogen-bond donors (Lipinski definition) is 3. The van der Waals surface area contributed by atoms with E-state index in [9.17, 15) is 13.2 Å². The molecule has 1 amide bonds. The van der Waals surface area contributed by atoms with Crippen molar-refractivity contribution in [3.63, 3.8) is 0 Å². The maximum absolute atomic E-state index is 12.4. The first-order chi connectivity index (χ1) is 12.9. The predicted molar refractivity (Wildman–Crippen MR) is 107 cm³/mol. The Morgan fingerprint density at radius 1 is 1.14 bits per heavy atom. The van der Waals surface area contributed by atoms with Crippen molar-refractivity contribution in [2.75, 3.05) is 26.2 Å². The minimum Gasteiger partial charge on any atom is -0.481 e. The number of hydrogen-bond acceptors (Lipinski definition) is 5. The fraction of sp³-hybridized carbons (Fsp3) is 0.500. The zero-order chi connectivity index (χ0) is 21.5. The third kappa shape index (κ3) is 6.93. The van der Waals surface area contributed by atoms with Crippen molar-refractivity contribution in [3.05, 3.63) is 35.4 Å². The van der Waals surface area contributed by atoms with E-state index in [1.807, 2.05) is 0 Å². The standard InChI is InChI=1S/C16H24N4O3S.C2H4O2/c1-12(2)24(22,23)20-9-7-19(8-10-20)15(21)11-13-3-5-14(6-4-13)16(17)18;1-2(3)4/h3-6,12H,7-11H2,1-2H3,(H3,17,18);1H3,(H,3,4). The van der Waals surface area contributed by atoms with Gasteiger partial charge in [0.2, 0.25) is 15.9 Å². The van der Waals surface area contributed by atoms with Crippen LogP contribution in [0.5, 0.6) is 0 Å². The maximum Gasteiger partial charge on any atom is 0.300 e. The highest BCUT2D eigenvalue weighted by Crippen LogP contribution is 2.14. The summed E-state index contributed by atoms with van der Waals surface area (Å²) in [5, 5.41) is 14.3. The molecule has 4 N–H and O–H groups in total. The zero-order valence-corrected chi connectivity index (χ0v) is 17.2. The number of benzene rings is 1. The smallest absolute Gasteiger partial charge is 0.300 e. The van der Waals surface area contributed by atoms with Crippen molar-refractivity contribution < 1.29 is 23.1 Å². The molecule has 0 bridgehead atoms. The molecule has 1 aliphatic rings. The first-order valence-electron chi connectivity index (χ1n) is 8.84. The molecule has 2 rings (SSSR count). The van der Waals surface area contributed by atoms with Crippen LogP contribution in [0.4, 0.5) is 0 Å². The molecular formula is C18H28N4O5S. The van der Waals surface area contributed by atoms with Crippen molar-refractivity contribution in [1.29, 1.82) is 5.41 Å². The molecule has 0 spiro atoms. The van der Waals surface area contributed by atoms with E-state index >= 15 is 0 Å². The van der Waals surface area contributed by atoms with Gasteiger partial charge in [-0.05, 0) is 19.4 Å². The average molecular weight is 413 g/mol. The van der Waals surface area contributed by atoms with Crippen molar-refractivity contribution in [1.82, 2.24) is 9.21 Å². The number of amides is 1. The topological polar surface area (TPSA) is 145 Å². The van der Waals surface area contributed by atoms with Crippen molar-refractivity contribution in [2.45, 2.75) is 32.4 Å². The number of carbonyl (C=O) groups is 2. The normalized spacial score (nSPS) is 14.9. The lowest BCUT2D eigenvalue weighted by Crippen LogP contribution is -2.52. The second-order valence-electron chi connectivity index (χ2n) is 6.68. The van der Waals surface area contributed by atoms with E-state index in [4.69, 9.17) is 21.0 Å². The van der Waals surface area contributed by atoms with E-state index in [1.54, 1.807) is 43.0 Å². The van der Waals surface area contributed by atoms with Crippen LogP contribution in [0.3, 0.4) is 0 Å². The Kier molecular flexibility index (Phi) is 8.58. The summed E-state index contributed by atoms with van der Waals surface area (Å²) in [6.45, 7) is 5.92. The summed E-state index contributed by atoms with van der Waals surface area (Å²) in [6.07, 6.45) is 0.259. The van der Waals surface area contributed by atoms with Gasteiger partial charge >= 0.3 is 0 Å². The monoisotopic (exact) mass is 412 g/mol. The second-order valence-corrected chi connectivity index (χ2v) is 9.17. The van der Waals surface area contributed by atoms with Gasteiger partial charge in [0, 0.05) is 38.7 Å². The molecular weight excluding hydrogens is 384 g/mol. The molecule has 0 atom stereocenters. The molecule has 1 aromatic carbocycles. The molecule has 1 aromatic rings. The van der Waals surface area contributed by atoms with Crippen LogP contribution in [0, 0.1) is 5.41 Å². The number of carboxylic acids is 1. The van der Waals surface area contributed by atoms with Crippen LogP contribution >= 0.6 is 0 Å². The van der Waals surface area contributed by atoms with Gasteiger partial charge in [-0.15, -0.1) is 0 Å². The molecule has 0 aromatic heterocycles. The van der Waals surface area contributed by atoms with Gasteiger partial charge in [0.05, 0.1) is 11.7 Å². The molecule has 28 heavy (non-hydrogen) atoms. The lowest BCUT2D eigenvalue weighted by Gasteiger charge is -2.35. The molecule has 1 heterocycles. The first-order valence-corrected chi connectivity index (χ1v) is 10.3. The Morgan fingerprint density at radius 2 is 1.61 bits per heavy atom. The second kappa shape index (κ2) is 10.2. The van der Waals surface area contributed by atoms with Crippen LogP contribution in [-0.4, -0.2) is 71.9 Å². The van der Waals surface area contributed by atoms with E-state index in [1.165, 1.54) is 4.31 Å².